The topological polar surface area (TPSA) is 37.4 Å². The maximum absolute atomic E-state index is 5.86. The monoisotopic (exact) mass is 373 g/mol. The molecule has 0 bridgehead atoms. The van der Waals surface area contributed by atoms with Crippen molar-refractivity contribution in [3.63, 3.8) is 0 Å². The second kappa shape index (κ2) is 8.85. The van der Waals surface area contributed by atoms with Gasteiger partial charge in [-0.2, -0.15) is 0 Å². The largest absolute Gasteiger partial charge is 0.486 e. The number of nitrogens with zero attached hydrogens (tertiary/aromatic N) is 2. The molecule has 0 spiro atoms. The SMILES string of the molecule is C[C@H]1CN(Cc2csc(COc3ccc(Cl)cc3)n2)CCN1.Cl. The number of piperazine rings is 1. The van der Waals surface area contributed by atoms with E-state index in [9.17, 15) is 0 Å². The Morgan fingerprint density at radius 1 is 1.39 bits per heavy atom. The maximum atomic E-state index is 5.86. The first kappa shape index (κ1) is 18.5. The standard InChI is InChI=1S/C16H20ClN3OS.ClH/c1-12-8-20(7-6-18-12)9-14-11-22-16(19-14)10-21-15-4-2-13(17)3-5-15;/h2-5,11-12,18H,6-10H2,1H3;1H/t12-;/m0./s1. The number of aromatic nitrogens is 1. The lowest BCUT2D eigenvalue weighted by molar-refractivity contribution is 0.197. The molecule has 1 saturated heterocycles. The van der Waals surface area contributed by atoms with Crippen molar-refractivity contribution in [3.05, 3.63) is 45.4 Å². The van der Waals surface area contributed by atoms with E-state index < -0.39 is 0 Å². The van der Waals surface area contributed by atoms with Crippen LogP contribution in [0.1, 0.15) is 17.6 Å². The van der Waals surface area contributed by atoms with Crippen LogP contribution in [0.5, 0.6) is 5.75 Å². The molecule has 0 radical (unpaired) electrons. The highest BCUT2D eigenvalue weighted by atomic mass is 35.5. The van der Waals surface area contributed by atoms with E-state index in [4.69, 9.17) is 16.3 Å². The number of ether oxygens (including phenoxy) is 1. The molecule has 23 heavy (non-hydrogen) atoms. The molecule has 4 nitrogen and oxygen atoms in total. The van der Waals surface area contributed by atoms with E-state index in [1.54, 1.807) is 11.3 Å². The van der Waals surface area contributed by atoms with Crippen molar-refractivity contribution in [1.82, 2.24) is 15.2 Å². The molecule has 1 atom stereocenters. The van der Waals surface area contributed by atoms with Crippen LogP contribution in [0.4, 0.5) is 0 Å². The number of rotatable bonds is 5. The van der Waals surface area contributed by atoms with E-state index in [1.165, 1.54) is 0 Å². The van der Waals surface area contributed by atoms with Gasteiger partial charge in [0.15, 0.2) is 0 Å². The molecule has 1 aromatic carbocycles. The molecule has 126 valence electrons. The van der Waals surface area contributed by atoms with Crippen LogP contribution in [0.15, 0.2) is 29.6 Å². The van der Waals surface area contributed by atoms with Crippen molar-refractivity contribution in [2.45, 2.75) is 26.1 Å². The van der Waals surface area contributed by atoms with Crippen LogP contribution in [0.3, 0.4) is 0 Å². The summed E-state index contributed by atoms with van der Waals surface area (Å²) in [6, 6.07) is 7.96. The van der Waals surface area contributed by atoms with Crippen molar-refractivity contribution in [2.24, 2.45) is 0 Å². The first-order valence-electron chi connectivity index (χ1n) is 7.46. The number of halogens is 2. The lowest BCUT2D eigenvalue weighted by atomic mass is 10.2. The highest BCUT2D eigenvalue weighted by Crippen LogP contribution is 2.19. The summed E-state index contributed by atoms with van der Waals surface area (Å²) in [6.07, 6.45) is 0. The van der Waals surface area contributed by atoms with Gasteiger partial charge in [-0.25, -0.2) is 4.98 Å². The predicted molar refractivity (Wildman–Crippen MR) is 97.9 cm³/mol. The summed E-state index contributed by atoms with van der Waals surface area (Å²) in [7, 11) is 0. The van der Waals surface area contributed by atoms with Gasteiger partial charge < -0.3 is 10.1 Å². The third-order valence-corrected chi connectivity index (χ3v) is 4.74. The molecule has 2 heterocycles. The summed E-state index contributed by atoms with van der Waals surface area (Å²) < 4.78 is 5.73. The van der Waals surface area contributed by atoms with Gasteiger partial charge in [0.05, 0.1) is 5.69 Å². The minimum absolute atomic E-state index is 0. The second-order valence-electron chi connectivity index (χ2n) is 5.57. The van der Waals surface area contributed by atoms with Gasteiger partial charge in [0.2, 0.25) is 0 Å². The molecular weight excluding hydrogens is 353 g/mol. The van der Waals surface area contributed by atoms with Crippen LogP contribution in [0, 0.1) is 0 Å². The molecular formula is C16H21Cl2N3OS. The molecule has 0 saturated carbocycles. The van der Waals surface area contributed by atoms with E-state index in [0.717, 1.165) is 42.6 Å². The van der Waals surface area contributed by atoms with Gasteiger partial charge >= 0.3 is 0 Å². The first-order chi connectivity index (χ1) is 10.7. The Morgan fingerprint density at radius 3 is 2.91 bits per heavy atom. The molecule has 0 aliphatic carbocycles. The smallest absolute Gasteiger partial charge is 0.140 e. The molecule has 1 aliphatic rings. The van der Waals surface area contributed by atoms with Crippen molar-refractivity contribution in [1.29, 1.82) is 0 Å². The molecule has 0 unspecified atom stereocenters. The second-order valence-corrected chi connectivity index (χ2v) is 6.94. The Kier molecular flexibility index (Phi) is 7.11. The van der Waals surface area contributed by atoms with Crippen molar-refractivity contribution < 1.29 is 4.74 Å². The van der Waals surface area contributed by atoms with E-state index >= 15 is 0 Å². The van der Waals surface area contributed by atoms with Crippen molar-refractivity contribution in [2.75, 3.05) is 19.6 Å². The molecule has 3 rings (SSSR count). The lowest BCUT2D eigenvalue weighted by Gasteiger charge is -2.31. The van der Waals surface area contributed by atoms with Gasteiger partial charge in [-0.3, -0.25) is 4.90 Å². The van der Waals surface area contributed by atoms with E-state index in [0.29, 0.717) is 17.7 Å². The average molecular weight is 374 g/mol. The Labute approximate surface area is 152 Å². The predicted octanol–water partition coefficient (Wildman–Crippen LogP) is 3.59. The van der Waals surface area contributed by atoms with Crippen molar-refractivity contribution >= 4 is 35.3 Å². The number of hydrogen-bond acceptors (Lipinski definition) is 5. The van der Waals surface area contributed by atoms with Gasteiger partial charge in [0.25, 0.3) is 0 Å². The highest BCUT2D eigenvalue weighted by Gasteiger charge is 2.16. The summed E-state index contributed by atoms with van der Waals surface area (Å²) in [5.74, 6) is 0.817. The minimum atomic E-state index is 0. The Bertz CT molecular complexity index is 606. The summed E-state index contributed by atoms with van der Waals surface area (Å²) in [6.45, 7) is 6.86. The zero-order valence-electron chi connectivity index (χ0n) is 13.0. The van der Waals surface area contributed by atoms with Crippen LogP contribution in [-0.2, 0) is 13.2 Å². The van der Waals surface area contributed by atoms with Gasteiger partial charge in [-0.05, 0) is 31.2 Å². The van der Waals surface area contributed by atoms with Gasteiger partial charge in [-0.15, -0.1) is 23.7 Å². The zero-order chi connectivity index (χ0) is 15.4. The molecule has 2 aromatic rings. The van der Waals surface area contributed by atoms with Gasteiger partial charge in [-0.1, -0.05) is 11.6 Å². The molecule has 7 heteroatoms. The van der Waals surface area contributed by atoms with Crippen LogP contribution < -0.4 is 10.1 Å². The number of benzene rings is 1. The fourth-order valence-electron chi connectivity index (χ4n) is 2.55. The molecule has 1 N–H and O–H groups in total. The number of hydrogen-bond donors (Lipinski definition) is 1. The average Bonchev–Trinajstić information content (AvgIpc) is 2.94. The first-order valence-corrected chi connectivity index (χ1v) is 8.72. The maximum Gasteiger partial charge on any atom is 0.140 e. The molecule has 0 amide bonds. The number of thiazole rings is 1. The van der Waals surface area contributed by atoms with Crippen molar-refractivity contribution in [3.8, 4) is 5.75 Å². The highest BCUT2D eigenvalue weighted by molar-refractivity contribution is 7.09. The van der Waals surface area contributed by atoms with Crippen LogP contribution in [0.25, 0.3) is 0 Å². The van der Waals surface area contributed by atoms with E-state index in [-0.39, 0.29) is 12.4 Å². The Hall–Kier alpha value is -0.850. The molecule has 1 aliphatic heterocycles. The summed E-state index contributed by atoms with van der Waals surface area (Å²) in [5.41, 5.74) is 1.13. The summed E-state index contributed by atoms with van der Waals surface area (Å²) in [5, 5.41) is 7.31. The van der Waals surface area contributed by atoms with Crippen LogP contribution in [-0.4, -0.2) is 35.6 Å². The van der Waals surface area contributed by atoms with Crippen LogP contribution >= 0.6 is 35.3 Å². The zero-order valence-corrected chi connectivity index (χ0v) is 15.4. The van der Waals surface area contributed by atoms with E-state index in [1.807, 2.05) is 24.3 Å². The summed E-state index contributed by atoms with van der Waals surface area (Å²) >= 11 is 7.52. The summed E-state index contributed by atoms with van der Waals surface area (Å²) in [4.78, 5) is 7.11. The fraction of sp³-hybridized carbons (Fsp3) is 0.438. The molecule has 1 aromatic heterocycles. The van der Waals surface area contributed by atoms with Gasteiger partial charge in [0.1, 0.15) is 17.4 Å². The fourth-order valence-corrected chi connectivity index (χ4v) is 3.37. The van der Waals surface area contributed by atoms with Gasteiger partial charge in [0, 0.05) is 42.6 Å². The Morgan fingerprint density at radius 2 is 2.17 bits per heavy atom. The third-order valence-electron chi connectivity index (χ3n) is 3.61. The lowest BCUT2D eigenvalue weighted by Crippen LogP contribution is -2.48. The third kappa shape index (κ3) is 5.62. The normalized spacial score (nSPS) is 18.4. The quantitative estimate of drug-likeness (QED) is 0.868. The molecule has 1 fully saturated rings. The Balaban J connectivity index is 0.00000192. The minimum Gasteiger partial charge on any atom is -0.486 e. The van der Waals surface area contributed by atoms with Crippen LogP contribution in [0.2, 0.25) is 5.02 Å². The van der Waals surface area contributed by atoms with E-state index in [2.05, 4.69) is 27.5 Å². The number of nitrogens with one attached hydrogen (secondary N) is 1.